The average Bonchev–Trinajstić information content (AvgIpc) is 2.99. The standard InChI is InChI=1S/C18H23N7O2/c1-18(2,26)17-21-13-15(24(17)3)22-14(11-4-5-12(19)20-10-11)23-16(13)25-6-8-27-9-7-25/h4-5,10,26H,6-9H2,1-3H3,(H2,19,20). The van der Waals surface area contributed by atoms with E-state index in [4.69, 9.17) is 20.4 Å². The van der Waals surface area contributed by atoms with Gasteiger partial charge in [-0.25, -0.2) is 19.9 Å². The van der Waals surface area contributed by atoms with Gasteiger partial charge in [-0.3, -0.25) is 0 Å². The minimum Gasteiger partial charge on any atom is -0.384 e. The van der Waals surface area contributed by atoms with Crippen LogP contribution in [0.3, 0.4) is 0 Å². The van der Waals surface area contributed by atoms with Crippen molar-refractivity contribution in [2.24, 2.45) is 7.05 Å². The molecule has 1 aliphatic rings. The lowest BCUT2D eigenvalue weighted by molar-refractivity contribution is 0.0663. The molecule has 3 aromatic rings. The number of aromatic nitrogens is 5. The van der Waals surface area contributed by atoms with E-state index in [1.54, 1.807) is 26.1 Å². The molecule has 0 radical (unpaired) electrons. The SMILES string of the molecule is Cn1c(C(C)(C)O)nc2c(N3CCOCC3)nc(-c3ccc(N)nc3)nc21. The Labute approximate surface area is 156 Å². The third kappa shape index (κ3) is 3.19. The van der Waals surface area contributed by atoms with Gasteiger partial charge in [0.15, 0.2) is 22.8 Å². The van der Waals surface area contributed by atoms with Gasteiger partial charge in [0.05, 0.1) is 13.2 Å². The van der Waals surface area contributed by atoms with Crippen LogP contribution in [0.15, 0.2) is 18.3 Å². The smallest absolute Gasteiger partial charge is 0.166 e. The van der Waals surface area contributed by atoms with E-state index in [0.29, 0.717) is 41.8 Å². The van der Waals surface area contributed by atoms with E-state index >= 15 is 0 Å². The maximum atomic E-state index is 10.5. The molecule has 0 atom stereocenters. The number of nitrogens with two attached hydrogens (primary N) is 1. The third-order valence-electron chi connectivity index (χ3n) is 4.60. The second-order valence-electron chi connectivity index (χ2n) is 7.17. The molecule has 0 aliphatic carbocycles. The summed E-state index contributed by atoms with van der Waals surface area (Å²) in [6.07, 6.45) is 1.66. The lowest BCUT2D eigenvalue weighted by Gasteiger charge is -2.28. The fourth-order valence-corrected chi connectivity index (χ4v) is 3.26. The zero-order valence-electron chi connectivity index (χ0n) is 15.7. The van der Waals surface area contributed by atoms with Crippen LogP contribution in [0.1, 0.15) is 19.7 Å². The Kier molecular flexibility index (Phi) is 4.20. The van der Waals surface area contributed by atoms with Gasteiger partial charge in [-0.05, 0) is 26.0 Å². The molecule has 3 N–H and O–H groups in total. The number of nitrogen functional groups attached to an aromatic ring is 1. The van der Waals surface area contributed by atoms with Crippen molar-refractivity contribution in [2.75, 3.05) is 36.9 Å². The van der Waals surface area contributed by atoms with Gasteiger partial charge < -0.3 is 25.0 Å². The molecular weight excluding hydrogens is 346 g/mol. The van der Waals surface area contributed by atoms with Crippen LogP contribution < -0.4 is 10.6 Å². The molecule has 27 heavy (non-hydrogen) atoms. The van der Waals surface area contributed by atoms with Crippen molar-refractivity contribution >= 4 is 22.8 Å². The first-order chi connectivity index (χ1) is 12.8. The molecule has 0 saturated carbocycles. The highest BCUT2D eigenvalue weighted by molar-refractivity contribution is 5.86. The van der Waals surface area contributed by atoms with Crippen LogP contribution in [-0.2, 0) is 17.4 Å². The molecule has 1 fully saturated rings. The first-order valence-electron chi connectivity index (χ1n) is 8.86. The third-order valence-corrected chi connectivity index (χ3v) is 4.60. The predicted molar refractivity (Wildman–Crippen MR) is 102 cm³/mol. The fourth-order valence-electron chi connectivity index (χ4n) is 3.26. The number of rotatable bonds is 3. The molecule has 0 bridgehead atoms. The Bertz CT molecular complexity index is 970. The van der Waals surface area contributed by atoms with Crippen LogP contribution in [0.4, 0.5) is 11.6 Å². The summed E-state index contributed by atoms with van der Waals surface area (Å²) in [6, 6.07) is 3.57. The second kappa shape index (κ2) is 6.43. The number of anilines is 2. The molecular formula is C18H23N7O2. The van der Waals surface area contributed by atoms with Gasteiger partial charge in [0, 0.05) is 31.9 Å². The zero-order chi connectivity index (χ0) is 19.2. The van der Waals surface area contributed by atoms with E-state index in [1.165, 1.54) is 0 Å². The highest BCUT2D eigenvalue weighted by atomic mass is 16.5. The Morgan fingerprint density at radius 3 is 2.52 bits per heavy atom. The minimum atomic E-state index is -1.10. The summed E-state index contributed by atoms with van der Waals surface area (Å²) < 4.78 is 7.28. The molecule has 0 unspecified atom stereocenters. The van der Waals surface area contributed by atoms with Crippen LogP contribution >= 0.6 is 0 Å². The molecule has 4 heterocycles. The number of hydrogen-bond donors (Lipinski definition) is 2. The molecule has 0 aromatic carbocycles. The van der Waals surface area contributed by atoms with Crippen molar-refractivity contribution in [3.05, 3.63) is 24.2 Å². The summed E-state index contributed by atoms with van der Waals surface area (Å²) in [5.41, 5.74) is 6.71. The average molecular weight is 369 g/mol. The number of aryl methyl sites for hydroxylation is 1. The van der Waals surface area contributed by atoms with Gasteiger partial charge in [0.25, 0.3) is 0 Å². The Morgan fingerprint density at radius 1 is 1.15 bits per heavy atom. The molecule has 1 aliphatic heterocycles. The first-order valence-corrected chi connectivity index (χ1v) is 8.86. The quantitative estimate of drug-likeness (QED) is 0.704. The highest BCUT2D eigenvalue weighted by Crippen LogP contribution is 2.30. The molecule has 4 rings (SSSR count). The van der Waals surface area contributed by atoms with Crippen molar-refractivity contribution in [3.8, 4) is 11.4 Å². The van der Waals surface area contributed by atoms with Gasteiger partial charge >= 0.3 is 0 Å². The number of morpholine rings is 1. The van der Waals surface area contributed by atoms with Crippen molar-refractivity contribution in [1.82, 2.24) is 24.5 Å². The summed E-state index contributed by atoms with van der Waals surface area (Å²) in [4.78, 5) is 20.5. The summed E-state index contributed by atoms with van der Waals surface area (Å²) in [5, 5.41) is 10.5. The zero-order valence-corrected chi connectivity index (χ0v) is 15.7. The van der Waals surface area contributed by atoms with Crippen LogP contribution in [0.2, 0.25) is 0 Å². The van der Waals surface area contributed by atoms with Gasteiger partial charge in [0.1, 0.15) is 17.2 Å². The topological polar surface area (TPSA) is 115 Å². The number of fused-ring (bicyclic) bond motifs is 1. The van der Waals surface area contributed by atoms with Crippen molar-refractivity contribution in [1.29, 1.82) is 0 Å². The second-order valence-corrected chi connectivity index (χ2v) is 7.17. The highest BCUT2D eigenvalue weighted by Gasteiger charge is 2.28. The maximum Gasteiger partial charge on any atom is 0.166 e. The lowest BCUT2D eigenvalue weighted by atomic mass is 10.1. The molecule has 9 heteroatoms. The van der Waals surface area contributed by atoms with E-state index in [0.717, 1.165) is 24.5 Å². The summed E-state index contributed by atoms with van der Waals surface area (Å²) in [7, 11) is 1.85. The first kappa shape index (κ1) is 17.6. The number of ether oxygens (including phenoxy) is 1. The maximum absolute atomic E-state index is 10.5. The summed E-state index contributed by atoms with van der Waals surface area (Å²) in [5.74, 6) is 2.26. The number of imidazole rings is 1. The monoisotopic (exact) mass is 369 g/mol. The molecule has 0 amide bonds. The minimum absolute atomic E-state index is 0.443. The Balaban J connectivity index is 1.95. The molecule has 0 spiro atoms. The van der Waals surface area contributed by atoms with Gasteiger partial charge in [-0.1, -0.05) is 0 Å². The molecule has 1 saturated heterocycles. The number of pyridine rings is 1. The van der Waals surface area contributed by atoms with Crippen LogP contribution in [0.5, 0.6) is 0 Å². The van der Waals surface area contributed by atoms with Crippen LogP contribution in [0.25, 0.3) is 22.6 Å². The van der Waals surface area contributed by atoms with Crippen molar-refractivity contribution in [2.45, 2.75) is 19.4 Å². The van der Waals surface area contributed by atoms with Crippen LogP contribution in [0, 0.1) is 0 Å². The van der Waals surface area contributed by atoms with Gasteiger partial charge in [-0.15, -0.1) is 0 Å². The van der Waals surface area contributed by atoms with E-state index in [9.17, 15) is 5.11 Å². The molecule has 3 aromatic heterocycles. The Hall–Kier alpha value is -2.78. The number of aliphatic hydroxyl groups is 1. The van der Waals surface area contributed by atoms with E-state index < -0.39 is 5.60 Å². The largest absolute Gasteiger partial charge is 0.384 e. The van der Waals surface area contributed by atoms with Crippen molar-refractivity contribution in [3.63, 3.8) is 0 Å². The molecule has 142 valence electrons. The lowest BCUT2D eigenvalue weighted by Crippen LogP contribution is -2.37. The number of hydrogen-bond acceptors (Lipinski definition) is 8. The number of nitrogens with zero attached hydrogens (tertiary/aromatic N) is 6. The fraction of sp³-hybridized carbons (Fsp3) is 0.444. The van der Waals surface area contributed by atoms with E-state index in [1.807, 2.05) is 17.7 Å². The van der Waals surface area contributed by atoms with Crippen molar-refractivity contribution < 1.29 is 9.84 Å². The predicted octanol–water partition coefficient (Wildman–Crippen LogP) is 1.07. The van der Waals surface area contributed by atoms with Crippen LogP contribution in [-0.4, -0.2) is 55.9 Å². The van der Waals surface area contributed by atoms with E-state index in [-0.39, 0.29) is 0 Å². The van der Waals surface area contributed by atoms with Gasteiger partial charge in [-0.2, -0.15) is 0 Å². The summed E-state index contributed by atoms with van der Waals surface area (Å²) >= 11 is 0. The van der Waals surface area contributed by atoms with E-state index in [2.05, 4.69) is 14.9 Å². The van der Waals surface area contributed by atoms with Gasteiger partial charge in [0.2, 0.25) is 0 Å². The summed E-state index contributed by atoms with van der Waals surface area (Å²) in [6.45, 7) is 6.13. The molecule has 9 nitrogen and oxygen atoms in total. The normalized spacial score (nSPS) is 15.5. The Morgan fingerprint density at radius 2 is 1.89 bits per heavy atom.